The van der Waals surface area contributed by atoms with Crippen LogP contribution in [0.1, 0.15) is 142 Å². The van der Waals surface area contributed by atoms with Gasteiger partial charge in [-0.05, 0) is 38.5 Å². The SMILES string of the molecule is CCCC(CCC)(S(=O)(=O)NCCCCCCCCCC#N)S(=O)(=O)NCCCCCCCCCC#N. The molecule has 0 spiro atoms. The maximum absolute atomic E-state index is 13.4. The molecule has 10 heteroatoms. The van der Waals surface area contributed by atoms with E-state index >= 15 is 0 Å². The minimum atomic E-state index is -4.09. The van der Waals surface area contributed by atoms with Crippen molar-refractivity contribution >= 4 is 20.0 Å². The summed E-state index contributed by atoms with van der Waals surface area (Å²) in [6, 6.07) is 4.30. The second kappa shape index (κ2) is 21.7. The van der Waals surface area contributed by atoms with Crippen LogP contribution in [0.25, 0.3) is 0 Å². The van der Waals surface area contributed by atoms with Gasteiger partial charge in [-0.15, -0.1) is 0 Å². The third-order valence-corrected chi connectivity index (χ3v) is 12.0. The molecule has 37 heavy (non-hydrogen) atoms. The Labute approximate surface area is 228 Å². The lowest BCUT2D eigenvalue weighted by Crippen LogP contribution is -2.56. The second-order valence-corrected chi connectivity index (χ2v) is 14.4. The molecular weight excluding hydrogens is 508 g/mol. The summed E-state index contributed by atoms with van der Waals surface area (Å²) in [5.41, 5.74) is 0. The monoisotopic (exact) mass is 560 g/mol. The highest BCUT2D eigenvalue weighted by Crippen LogP contribution is 2.34. The third-order valence-electron chi connectivity index (χ3n) is 6.76. The van der Waals surface area contributed by atoms with Crippen molar-refractivity contribution in [3.05, 3.63) is 0 Å². The molecular formula is C27H52N4O4S2. The van der Waals surface area contributed by atoms with Crippen LogP contribution in [0, 0.1) is 22.7 Å². The Hall–Kier alpha value is -1.20. The molecule has 8 nitrogen and oxygen atoms in total. The zero-order valence-corrected chi connectivity index (χ0v) is 25.0. The van der Waals surface area contributed by atoms with Gasteiger partial charge in [0.1, 0.15) is 0 Å². The highest BCUT2D eigenvalue weighted by atomic mass is 32.3. The molecule has 0 rings (SSSR count). The summed E-state index contributed by atoms with van der Waals surface area (Å²) in [6.45, 7) is 4.14. The van der Waals surface area contributed by atoms with Crippen LogP contribution >= 0.6 is 0 Å². The Morgan fingerprint density at radius 3 is 1.14 bits per heavy atom. The van der Waals surface area contributed by atoms with Crippen molar-refractivity contribution in [3.63, 3.8) is 0 Å². The molecule has 0 aromatic heterocycles. The summed E-state index contributed by atoms with van der Waals surface area (Å²) >= 11 is 0. The predicted molar refractivity (Wildman–Crippen MR) is 151 cm³/mol. The Kier molecular flexibility index (Phi) is 21.0. The quantitative estimate of drug-likeness (QED) is 0.117. The minimum Gasteiger partial charge on any atom is -0.214 e. The molecule has 0 radical (unpaired) electrons. The van der Waals surface area contributed by atoms with Crippen LogP contribution < -0.4 is 9.44 Å². The predicted octanol–water partition coefficient (Wildman–Crippen LogP) is 6.41. The molecule has 0 unspecified atom stereocenters. The van der Waals surface area contributed by atoms with Gasteiger partial charge in [0.2, 0.25) is 24.1 Å². The van der Waals surface area contributed by atoms with Crippen molar-refractivity contribution in [2.75, 3.05) is 13.1 Å². The fourth-order valence-corrected chi connectivity index (χ4v) is 9.42. The molecule has 0 amide bonds. The summed E-state index contributed by atoms with van der Waals surface area (Å²) < 4.78 is 57.1. The van der Waals surface area contributed by atoms with Gasteiger partial charge in [0.15, 0.2) is 0 Å². The van der Waals surface area contributed by atoms with Crippen LogP contribution in [0.3, 0.4) is 0 Å². The van der Waals surface area contributed by atoms with Crippen molar-refractivity contribution in [3.8, 4) is 12.1 Å². The van der Waals surface area contributed by atoms with Crippen molar-refractivity contribution in [1.82, 2.24) is 9.44 Å². The summed E-state index contributed by atoms with van der Waals surface area (Å²) in [4.78, 5) is 0. The summed E-state index contributed by atoms with van der Waals surface area (Å²) in [7, 11) is -8.18. The van der Waals surface area contributed by atoms with Gasteiger partial charge in [-0.1, -0.05) is 90.9 Å². The molecule has 0 saturated carbocycles. The lowest BCUT2D eigenvalue weighted by Gasteiger charge is -2.32. The van der Waals surface area contributed by atoms with E-state index < -0.39 is 24.1 Å². The molecule has 0 aliphatic heterocycles. The molecule has 0 fully saturated rings. The smallest absolute Gasteiger partial charge is 0.214 e. The maximum atomic E-state index is 13.4. The zero-order valence-electron chi connectivity index (χ0n) is 23.4. The number of hydrogen-bond acceptors (Lipinski definition) is 6. The van der Waals surface area contributed by atoms with E-state index in [1.165, 1.54) is 0 Å². The van der Waals surface area contributed by atoms with Crippen LogP contribution in [0.5, 0.6) is 0 Å². The number of sulfonamides is 2. The van der Waals surface area contributed by atoms with E-state index in [1.807, 2.05) is 13.8 Å². The van der Waals surface area contributed by atoms with Crippen molar-refractivity contribution < 1.29 is 16.8 Å². The van der Waals surface area contributed by atoms with Crippen molar-refractivity contribution in [2.24, 2.45) is 0 Å². The molecule has 0 bridgehead atoms. The van der Waals surface area contributed by atoms with Crippen LogP contribution in [0.2, 0.25) is 0 Å². The fourth-order valence-electron chi connectivity index (χ4n) is 4.67. The van der Waals surface area contributed by atoms with E-state index in [9.17, 15) is 16.8 Å². The van der Waals surface area contributed by atoms with E-state index in [2.05, 4.69) is 21.6 Å². The minimum absolute atomic E-state index is 0.0664. The van der Waals surface area contributed by atoms with E-state index in [4.69, 9.17) is 10.5 Å². The Bertz CT molecular complexity index is 790. The molecule has 0 atom stereocenters. The molecule has 2 N–H and O–H groups in total. The van der Waals surface area contributed by atoms with Gasteiger partial charge in [-0.2, -0.15) is 10.5 Å². The highest BCUT2D eigenvalue weighted by Gasteiger charge is 2.53. The van der Waals surface area contributed by atoms with Crippen molar-refractivity contribution in [2.45, 2.75) is 146 Å². The maximum Gasteiger partial charge on any atom is 0.233 e. The largest absolute Gasteiger partial charge is 0.233 e. The van der Waals surface area contributed by atoms with E-state index in [0.717, 1.165) is 77.0 Å². The second-order valence-electron chi connectivity index (χ2n) is 9.97. The molecule has 0 heterocycles. The Morgan fingerprint density at radius 1 is 0.541 bits per heavy atom. The third kappa shape index (κ3) is 14.5. The number of rotatable bonds is 26. The lowest BCUT2D eigenvalue weighted by molar-refractivity contribution is 0.482. The molecule has 0 aliphatic carbocycles. The van der Waals surface area contributed by atoms with E-state index in [0.29, 0.717) is 38.5 Å². The lowest BCUT2D eigenvalue weighted by atomic mass is 10.1. The fraction of sp³-hybridized carbons (Fsp3) is 0.926. The van der Waals surface area contributed by atoms with Crippen LogP contribution in [-0.4, -0.2) is 34.0 Å². The summed E-state index contributed by atoms with van der Waals surface area (Å²) in [5.74, 6) is 0. The Balaban J connectivity index is 4.75. The normalized spacial score (nSPS) is 12.3. The Morgan fingerprint density at radius 2 is 0.838 bits per heavy atom. The molecule has 0 saturated heterocycles. The van der Waals surface area contributed by atoms with Gasteiger partial charge in [-0.25, -0.2) is 26.3 Å². The standard InChI is InChI=1S/C27H52N4O4S2/c1-3-21-27(22-4-2,36(32,33)30-25-19-15-11-7-5-9-13-17-23-28)37(34,35)31-26-20-16-12-8-6-10-14-18-24-29/h30-31H,3-22,25-26H2,1-2H3. The number of hydrogen-bond donors (Lipinski definition) is 2. The van der Waals surface area contributed by atoms with Crippen LogP contribution in [0.4, 0.5) is 0 Å². The van der Waals surface area contributed by atoms with E-state index in [1.54, 1.807) is 0 Å². The number of nitrogens with one attached hydrogen (secondary N) is 2. The van der Waals surface area contributed by atoms with Gasteiger partial charge in [0.05, 0.1) is 12.1 Å². The topological polar surface area (TPSA) is 140 Å². The summed E-state index contributed by atoms with van der Waals surface area (Å²) in [5, 5.41) is 17.1. The average Bonchev–Trinajstić information content (AvgIpc) is 2.85. The molecule has 0 aromatic rings. The van der Waals surface area contributed by atoms with Crippen LogP contribution in [0.15, 0.2) is 0 Å². The van der Waals surface area contributed by atoms with Gasteiger partial charge < -0.3 is 0 Å². The highest BCUT2D eigenvalue weighted by molar-refractivity contribution is 8.08. The molecule has 0 aromatic carbocycles. The van der Waals surface area contributed by atoms with Crippen molar-refractivity contribution in [1.29, 1.82) is 10.5 Å². The molecule has 216 valence electrons. The number of nitrogens with zero attached hydrogens (tertiary/aromatic N) is 2. The first-order valence-corrected chi connectivity index (χ1v) is 17.4. The zero-order chi connectivity index (χ0) is 27.9. The average molecular weight is 561 g/mol. The van der Waals surface area contributed by atoms with Gasteiger partial charge in [-0.3, -0.25) is 0 Å². The number of unbranched alkanes of at least 4 members (excludes halogenated alkanes) is 14. The van der Waals surface area contributed by atoms with Crippen LogP contribution in [-0.2, 0) is 20.0 Å². The first-order valence-electron chi connectivity index (χ1n) is 14.5. The first kappa shape index (κ1) is 35.8. The first-order chi connectivity index (χ1) is 17.7. The van der Waals surface area contributed by atoms with Gasteiger partial charge in [0.25, 0.3) is 0 Å². The van der Waals surface area contributed by atoms with Gasteiger partial charge >= 0.3 is 0 Å². The molecule has 0 aliphatic rings. The van der Waals surface area contributed by atoms with E-state index in [-0.39, 0.29) is 25.9 Å². The number of nitriles is 2. The summed E-state index contributed by atoms with van der Waals surface area (Å²) in [6.07, 6.45) is 15.6. The van der Waals surface area contributed by atoms with Gasteiger partial charge in [0, 0.05) is 25.9 Å².